The number of likely N-dealkylation sites (N-methyl/N-ethyl adjacent to an activating group) is 1. The first kappa shape index (κ1) is 66.9. The summed E-state index contributed by atoms with van der Waals surface area (Å²) in [6, 6.07) is -0.915. The number of amides is 1. The van der Waals surface area contributed by atoms with Crippen molar-refractivity contribution in [1.82, 2.24) is 5.32 Å². The largest absolute Gasteiger partial charge is 0.756 e. The van der Waals surface area contributed by atoms with E-state index < -0.39 is 26.6 Å². The fourth-order valence-corrected chi connectivity index (χ4v) is 8.27. The molecule has 9 nitrogen and oxygen atoms in total. The minimum absolute atomic E-state index is 0.0362. The number of hydrogen-bond donors (Lipinski definition) is 1. The monoisotopic (exact) mass is 997 g/mol. The molecule has 0 radical (unpaired) electrons. The molecule has 0 aromatic rings. The van der Waals surface area contributed by atoms with Crippen LogP contribution in [0.15, 0.2) is 97.2 Å². The predicted octanol–water partition coefficient (Wildman–Crippen LogP) is 16.2. The number of phosphoric ester groups is 1. The Kier molecular flexibility index (Phi) is 47.3. The van der Waals surface area contributed by atoms with Gasteiger partial charge in [0.2, 0.25) is 5.91 Å². The summed E-state index contributed by atoms with van der Waals surface area (Å²) in [4.78, 5) is 39.8. The van der Waals surface area contributed by atoms with Crippen molar-refractivity contribution in [2.75, 3.05) is 40.9 Å². The Bertz CT molecular complexity index is 1520. The van der Waals surface area contributed by atoms with E-state index in [0.717, 1.165) is 83.5 Å². The third kappa shape index (κ3) is 49.9. The Labute approximate surface area is 430 Å². The highest BCUT2D eigenvalue weighted by molar-refractivity contribution is 7.45. The molecule has 70 heavy (non-hydrogen) atoms. The zero-order chi connectivity index (χ0) is 51.5. The second-order valence-corrected chi connectivity index (χ2v) is 21.3. The van der Waals surface area contributed by atoms with Gasteiger partial charge >= 0.3 is 5.97 Å². The van der Waals surface area contributed by atoms with Crippen LogP contribution in [0.1, 0.15) is 220 Å². The number of esters is 1. The standard InChI is InChI=1S/C60H105N2O7P/c1-7-10-13-16-19-22-25-27-29-31-33-35-38-41-44-47-50-53-60(64)69-58(51-48-45-42-39-36-24-21-18-15-12-9-3)57(56-68-70(65,66)67-55-54-62(4,5)6)61-59(63)52-49-46-43-40-37-34-32-30-28-26-23-20-17-14-11-8-2/h10,13,16,19,22,25,27,29-33,35,38,48,51,57-58H,7-9,11-12,14-15,17-18,20-21,23-24,26,28,34,36-37,39-47,49-50,52-56H2,1-6H3,(H-,61,63,65,66)/b13-10-,19-16+,25-22+,29-27-,32-30+,33-31+,38-35+,51-48+. The molecule has 10 heteroatoms. The first-order chi connectivity index (χ1) is 33.9. The molecule has 0 spiro atoms. The third-order valence-corrected chi connectivity index (χ3v) is 12.9. The van der Waals surface area contributed by atoms with E-state index in [1.807, 2.05) is 88.0 Å². The molecule has 3 unspecified atom stereocenters. The lowest BCUT2D eigenvalue weighted by atomic mass is 10.1. The molecule has 0 bridgehead atoms. The van der Waals surface area contributed by atoms with Crippen molar-refractivity contribution in [3.63, 3.8) is 0 Å². The molecule has 0 saturated carbocycles. The summed E-state index contributed by atoms with van der Waals surface area (Å²) in [7, 11) is 1.14. The van der Waals surface area contributed by atoms with Crippen molar-refractivity contribution in [3.05, 3.63) is 97.2 Å². The average Bonchev–Trinajstić information content (AvgIpc) is 3.32. The van der Waals surface area contributed by atoms with E-state index in [4.69, 9.17) is 13.8 Å². The van der Waals surface area contributed by atoms with Gasteiger partial charge in [-0.1, -0.05) is 227 Å². The number of carbonyl (C=O) groups excluding carboxylic acids is 2. The zero-order valence-electron chi connectivity index (χ0n) is 45.7. The van der Waals surface area contributed by atoms with Crippen LogP contribution in [-0.4, -0.2) is 69.4 Å². The molecule has 0 fully saturated rings. The number of rotatable bonds is 49. The maximum absolute atomic E-state index is 13.5. The molecule has 0 aromatic heterocycles. The van der Waals surface area contributed by atoms with Crippen LogP contribution in [0.3, 0.4) is 0 Å². The van der Waals surface area contributed by atoms with E-state index >= 15 is 0 Å². The van der Waals surface area contributed by atoms with Gasteiger partial charge in [-0.25, -0.2) is 0 Å². The first-order valence-corrected chi connectivity index (χ1v) is 29.6. The van der Waals surface area contributed by atoms with Gasteiger partial charge in [-0.2, -0.15) is 0 Å². The van der Waals surface area contributed by atoms with Crippen molar-refractivity contribution in [2.45, 2.75) is 232 Å². The molecule has 0 aliphatic carbocycles. The highest BCUT2D eigenvalue weighted by atomic mass is 31.2. The smallest absolute Gasteiger partial charge is 0.306 e. The lowest BCUT2D eigenvalue weighted by Crippen LogP contribution is -2.47. The highest BCUT2D eigenvalue weighted by Crippen LogP contribution is 2.38. The molecule has 0 aliphatic heterocycles. The van der Waals surface area contributed by atoms with Gasteiger partial charge in [0.1, 0.15) is 19.3 Å². The molecule has 0 heterocycles. The van der Waals surface area contributed by atoms with Gasteiger partial charge in [-0.05, 0) is 76.7 Å². The van der Waals surface area contributed by atoms with Crippen LogP contribution in [0, 0.1) is 0 Å². The molecule has 0 saturated heterocycles. The first-order valence-electron chi connectivity index (χ1n) is 28.1. The third-order valence-electron chi connectivity index (χ3n) is 11.9. The number of ether oxygens (including phenoxy) is 1. The zero-order valence-corrected chi connectivity index (χ0v) is 46.6. The molecule has 402 valence electrons. The molecular weight excluding hydrogens is 892 g/mol. The summed E-state index contributed by atoms with van der Waals surface area (Å²) in [5.74, 6) is -0.609. The van der Waals surface area contributed by atoms with Crippen LogP contribution >= 0.6 is 7.82 Å². The lowest BCUT2D eigenvalue weighted by Gasteiger charge is -2.30. The van der Waals surface area contributed by atoms with Crippen molar-refractivity contribution < 1.29 is 37.3 Å². The summed E-state index contributed by atoms with van der Waals surface area (Å²) < 4.78 is 30.1. The van der Waals surface area contributed by atoms with Crippen LogP contribution < -0.4 is 10.2 Å². The molecule has 1 N–H and O–H groups in total. The minimum Gasteiger partial charge on any atom is -0.756 e. The Morgan fingerprint density at radius 2 is 0.929 bits per heavy atom. The summed E-state index contributed by atoms with van der Waals surface area (Å²) in [6.07, 6.45) is 65.1. The van der Waals surface area contributed by atoms with Crippen molar-refractivity contribution >= 4 is 19.7 Å². The number of nitrogens with one attached hydrogen (secondary N) is 1. The van der Waals surface area contributed by atoms with Crippen LogP contribution in [0.25, 0.3) is 0 Å². The van der Waals surface area contributed by atoms with Gasteiger partial charge in [0.25, 0.3) is 7.82 Å². The lowest BCUT2D eigenvalue weighted by molar-refractivity contribution is -0.870. The molecule has 3 atom stereocenters. The molecule has 1 amide bonds. The number of phosphoric acid groups is 1. The predicted molar refractivity (Wildman–Crippen MR) is 297 cm³/mol. The Hall–Kier alpha value is -3.07. The van der Waals surface area contributed by atoms with E-state index in [1.54, 1.807) is 6.08 Å². The number of quaternary nitrogens is 1. The van der Waals surface area contributed by atoms with Crippen molar-refractivity contribution in [1.29, 1.82) is 0 Å². The summed E-state index contributed by atoms with van der Waals surface area (Å²) in [5.41, 5.74) is 0. The maximum atomic E-state index is 13.5. The minimum atomic E-state index is -4.71. The highest BCUT2D eigenvalue weighted by Gasteiger charge is 2.27. The normalized spacial score (nSPS) is 14.6. The van der Waals surface area contributed by atoms with Crippen LogP contribution in [0.2, 0.25) is 0 Å². The number of unbranched alkanes of at least 4 members (excludes halogenated alkanes) is 24. The van der Waals surface area contributed by atoms with Crippen LogP contribution in [0.5, 0.6) is 0 Å². The van der Waals surface area contributed by atoms with Crippen molar-refractivity contribution in [2.24, 2.45) is 0 Å². The second kappa shape index (κ2) is 49.5. The van der Waals surface area contributed by atoms with E-state index in [-0.39, 0.29) is 24.9 Å². The van der Waals surface area contributed by atoms with Gasteiger partial charge in [0.15, 0.2) is 0 Å². The van der Waals surface area contributed by atoms with Crippen LogP contribution in [-0.2, 0) is 27.9 Å². The van der Waals surface area contributed by atoms with Gasteiger partial charge in [-0.15, -0.1) is 0 Å². The number of nitrogens with zero attached hydrogens (tertiary/aromatic N) is 1. The van der Waals surface area contributed by atoms with Gasteiger partial charge in [0.05, 0.1) is 33.8 Å². The van der Waals surface area contributed by atoms with E-state index in [9.17, 15) is 19.0 Å². The second-order valence-electron chi connectivity index (χ2n) is 19.9. The molecule has 0 rings (SSSR count). The number of allylic oxidation sites excluding steroid dienone is 15. The maximum Gasteiger partial charge on any atom is 0.306 e. The molecule has 0 aliphatic rings. The van der Waals surface area contributed by atoms with E-state index in [2.05, 4.69) is 50.4 Å². The van der Waals surface area contributed by atoms with E-state index in [0.29, 0.717) is 23.9 Å². The fourth-order valence-electron chi connectivity index (χ4n) is 7.55. The number of hydrogen-bond acceptors (Lipinski definition) is 7. The summed E-state index contributed by atoms with van der Waals surface area (Å²) in [5, 5.41) is 3.00. The Balaban J connectivity index is 5.45. The van der Waals surface area contributed by atoms with Gasteiger partial charge in [-0.3, -0.25) is 14.2 Å². The molecular formula is C60H105N2O7P. The topological polar surface area (TPSA) is 114 Å². The van der Waals surface area contributed by atoms with Gasteiger partial charge < -0.3 is 28.5 Å². The fraction of sp³-hybridized carbons (Fsp3) is 0.700. The van der Waals surface area contributed by atoms with Crippen molar-refractivity contribution in [3.8, 4) is 0 Å². The average molecular weight is 997 g/mol. The summed E-state index contributed by atoms with van der Waals surface area (Å²) >= 11 is 0. The summed E-state index contributed by atoms with van der Waals surface area (Å²) in [6.45, 7) is 6.63. The van der Waals surface area contributed by atoms with Gasteiger partial charge in [0, 0.05) is 12.8 Å². The quantitative estimate of drug-likeness (QED) is 0.0161. The number of carbonyl (C=O) groups is 2. The molecule has 0 aromatic carbocycles. The van der Waals surface area contributed by atoms with Crippen LogP contribution in [0.4, 0.5) is 0 Å². The Morgan fingerprint density at radius 3 is 1.43 bits per heavy atom. The SMILES string of the molecule is CC\C=C/C=C/C=C/C=C\C=C\C=C\CCCCCC(=O)OC(/C=C/CCCCCCCCCCC)C(COP(=O)([O-])OCC[N+](C)(C)C)NC(=O)CCCCCCC/C=C/CCCCCCCCC. The van der Waals surface area contributed by atoms with E-state index in [1.165, 1.54) is 96.3 Å². The Morgan fingerprint density at radius 1 is 0.514 bits per heavy atom.